The van der Waals surface area contributed by atoms with E-state index in [0.29, 0.717) is 12.1 Å². The molecule has 0 bridgehead atoms. The molecule has 1 aliphatic carbocycles. The topological polar surface area (TPSA) is 12.0 Å². The van der Waals surface area contributed by atoms with Crippen molar-refractivity contribution in [2.45, 2.75) is 70.9 Å². The molecule has 0 saturated heterocycles. The highest BCUT2D eigenvalue weighted by molar-refractivity contribution is 9.10. The first-order valence-corrected chi connectivity index (χ1v) is 9.01. The van der Waals surface area contributed by atoms with Crippen molar-refractivity contribution in [3.05, 3.63) is 34.3 Å². The Morgan fingerprint density at radius 2 is 1.70 bits per heavy atom. The van der Waals surface area contributed by atoms with E-state index >= 15 is 0 Å². The van der Waals surface area contributed by atoms with Gasteiger partial charge in [0.1, 0.15) is 0 Å². The third-order valence-electron chi connectivity index (χ3n) is 4.75. The van der Waals surface area contributed by atoms with Gasteiger partial charge in [-0.1, -0.05) is 60.7 Å². The van der Waals surface area contributed by atoms with Gasteiger partial charge in [0.2, 0.25) is 0 Å². The van der Waals surface area contributed by atoms with Gasteiger partial charge in [0.25, 0.3) is 0 Å². The van der Waals surface area contributed by atoms with Crippen molar-refractivity contribution >= 4 is 15.9 Å². The van der Waals surface area contributed by atoms with Crippen LogP contribution in [0.25, 0.3) is 0 Å². The second kappa shape index (κ2) is 8.19. The standard InChI is InChI=1S/C18H28BrN/c1-3-18(16-10-12-17(19)13-11-16)20-14(2)15-8-6-4-5-7-9-15/h10-15,18,20H,3-9H2,1-2H3/t14-,18?/m0/s1. The Labute approximate surface area is 132 Å². The second-order valence-corrected chi connectivity index (χ2v) is 7.14. The highest BCUT2D eigenvalue weighted by atomic mass is 79.9. The third kappa shape index (κ3) is 4.60. The van der Waals surface area contributed by atoms with Crippen LogP contribution in [0, 0.1) is 5.92 Å². The van der Waals surface area contributed by atoms with Crippen LogP contribution in [0.1, 0.15) is 70.4 Å². The van der Waals surface area contributed by atoms with Gasteiger partial charge < -0.3 is 5.32 Å². The van der Waals surface area contributed by atoms with Crippen LogP contribution < -0.4 is 5.32 Å². The maximum Gasteiger partial charge on any atom is 0.0320 e. The van der Waals surface area contributed by atoms with E-state index < -0.39 is 0 Å². The molecular formula is C18H28BrN. The number of hydrogen-bond donors (Lipinski definition) is 1. The maximum absolute atomic E-state index is 3.88. The molecule has 2 atom stereocenters. The fraction of sp³-hybridized carbons (Fsp3) is 0.667. The Morgan fingerprint density at radius 3 is 2.25 bits per heavy atom. The van der Waals surface area contributed by atoms with E-state index in [2.05, 4.69) is 59.4 Å². The van der Waals surface area contributed by atoms with Crippen molar-refractivity contribution in [2.24, 2.45) is 5.92 Å². The van der Waals surface area contributed by atoms with E-state index in [1.54, 1.807) is 0 Å². The lowest BCUT2D eigenvalue weighted by atomic mass is 9.91. The van der Waals surface area contributed by atoms with E-state index in [0.717, 1.165) is 16.8 Å². The minimum atomic E-state index is 0.487. The molecule has 2 rings (SSSR count). The summed E-state index contributed by atoms with van der Waals surface area (Å²) in [6.45, 7) is 4.66. The highest BCUT2D eigenvalue weighted by Gasteiger charge is 2.21. The summed E-state index contributed by atoms with van der Waals surface area (Å²) in [6.07, 6.45) is 9.69. The molecule has 0 aliphatic heterocycles. The number of nitrogens with one attached hydrogen (secondary N) is 1. The Balaban J connectivity index is 1.96. The maximum atomic E-state index is 3.88. The van der Waals surface area contributed by atoms with Crippen LogP contribution in [0.4, 0.5) is 0 Å². The summed E-state index contributed by atoms with van der Waals surface area (Å²) in [5.74, 6) is 0.863. The molecule has 1 aromatic rings. The molecule has 1 saturated carbocycles. The molecule has 0 aromatic heterocycles. The quantitative estimate of drug-likeness (QED) is 0.664. The Hall–Kier alpha value is -0.340. The smallest absolute Gasteiger partial charge is 0.0320 e. The Morgan fingerprint density at radius 1 is 1.10 bits per heavy atom. The molecule has 1 unspecified atom stereocenters. The van der Waals surface area contributed by atoms with E-state index in [1.165, 1.54) is 44.1 Å². The summed E-state index contributed by atoms with van der Waals surface area (Å²) >= 11 is 3.52. The van der Waals surface area contributed by atoms with Crippen LogP contribution in [0.15, 0.2) is 28.7 Å². The molecule has 1 aromatic carbocycles. The van der Waals surface area contributed by atoms with E-state index in [-0.39, 0.29) is 0 Å². The minimum absolute atomic E-state index is 0.487. The molecular weight excluding hydrogens is 310 g/mol. The fourth-order valence-electron chi connectivity index (χ4n) is 3.41. The molecule has 112 valence electrons. The van der Waals surface area contributed by atoms with Gasteiger partial charge >= 0.3 is 0 Å². The summed E-state index contributed by atoms with van der Waals surface area (Å²) in [5.41, 5.74) is 1.41. The van der Waals surface area contributed by atoms with Crippen LogP contribution in [0.2, 0.25) is 0 Å². The average molecular weight is 338 g/mol. The number of hydrogen-bond acceptors (Lipinski definition) is 1. The number of benzene rings is 1. The summed E-state index contributed by atoms with van der Waals surface area (Å²) in [6, 6.07) is 9.89. The van der Waals surface area contributed by atoms with Crippen LogP contribution in [0.5, 0.6) is 0 Å². The molecule has 0 spiro atoms. The third-order valence-corrected chi connectivity index (χ3v) is 5.28. The molecule has 2 heteroatoms. The van der Waals surface area contributed by atoms with Crippen LogP contribution >= 0.6 is 15.9 Å². The number of halogens is 1. The van der Waals surface area contributed by atoms with Gasteiger partial charge in [-0.3, -0.25) is 0 Å². The summed E-state index contributed by atoms with van der Waals surface area (Å²) in [4.78, 5) is 0. The molecule has 0 radical (unpaired) electrons. The fourth-order valence-corrected chi connectivity index (χ4v) is 3.67. The van der Waals surface area contributed by atoms with Crippen molar-refractivity contribution < 1.29 is 0 Å². The van der Waals surface area contributed by atoms with Gasteiger partial charge in [0.15, 0.2) is 0 Å². The first kappa shape index (κ1) is 16.0. The van der Waals surface area contributed by atoms with E-state index in [9.17, 15) is 0 Å². The zero-order valence-electron chi connectivity index (χ0n) is 12.9. The van der Waals surface area contributed by atoms with Gasteiger partial charge in [0.05, 0.1) is 0 Å². The van der Waals surface area contributed by atoms with Crippen molar-refractivity contribution in [1.29, 1.82) is 0 Å². The summed E-state index contributed by atoms with van der Waals surface area (Å²) in [5, 5.41) is 3.88. The predicted octanol–water partition coefficient (Wildman–Crippen LogP) is 5.85. The van der Waals surface area contributed by atoms with Gasteiger partial charge in [-0.25, -0.2) is 0 Å². The zero-order chi connectivity index (χ0) is 14.4. The van der Waals surface area contributed by atoms with Crippen molar-refractivity contribution in [1.82, 2.24) is 5.32 Å². The van der Waals surface area contributed by atoms with Gasteiger partial charge in [-0.05, 0) is 49.8 Å². The monoisotopic (exact) mass is 337 g/mol. The average Bonchev–Trinajstić information content (AvgIpc) is 2.75. The molecule has 1 nitrogen and oxygen atoms in total. The lowest BCUT2D eigenvalue weighted by Crippen LogP contribution is -2.36. The first-order valence-electron chi connectivity index (χ1n) is 8.22. The van der Waals surface area contributed by atoms with Gasteiger partial charge in [-0.15, -0.1) is 0 Å². The molecule has 0 heterocycles. The van der Waals surface area contributed by atoms with E-state index in [4.69, 9.17) is 0 Å². The van der Waals surface area contributed by atoms with E-state index in [1.807, 2.05) is 0 Å². The van der Waals surface area contributed by atoms with Crippen LogP contribution in [-0.4, -0.2) is 6.04 Å². The molecule has 1 fully saturated rings. The van der Waals surface area contributed by atoms with Crippen LogP contribution in [0.3, 0.4) is 0 Å². The van der Waals surface area contributed by atoms with Crippen molar-refractivity contribution in [2.75, 3.05) is 0 Å². The summed E-state index contributed by atoms with van der Waals surface area (Å²) in [7, 11) is 0. The summed E-state index contributed by atoms with van der Waals surface area (Å²) < 4.78 is 1.16. The normalized spacial score (nSPS) is 20.4. The van der Waals surface area contributed by atoms with Gasteiger partial charge in [-0.2, -0.15) is 0 Å². The SMILES string of the molecule is CCC(N[C@@H](C)C1CCCCCC1)c1ccc(Br)cc1. The predicted molar refractivity (Wildman–Crippen MR) is 91.0 cm³/mol. The van der Waals surface area contributed by atoms with Crippen LogP contribution in [-0.2, 0) is 0 Å². The lowest BCUT2D eigenvalue weighted by Gasteiger charge is -2.29. The minimum Gasteiger partial charge on any atom is -0.307 e. The second-order valence-electron chi connectivity index (χ2n) is 6.22. The highest BCUT2D eigenvalue weighted by Crippen LogP contribution is 2.28. The molecule has 20 heavy (non-hydrogen) atoms. The van der Waals surface area contributed by atoms with Gasteiger partial charge in [0, 0.05) is 16.6 Å². The van der Waals surface area contributed by atoms with Crippen molar-refractivity contribution in [3.63, 3.8) is 0 Å². The van der Waals surface area contributed by atoms with Crippen molar-refractivity contribution in [3.8, 4) is 0 Å². The largest absolute Gasteiger partial charge is 0.307 e. The molecule has 1 N–H and O–H groups in total. The molecule has 0 amide bonds. The first-order chi connectivity index (χ1) is 9.70. The molecule has 1 aliphatic rings. The number of rotatable bonds is 5. The Kier molecular flexibility index (Phi) is 6.57. The Bertz CT molecular complexity index is 379. The lowest BCUT2D eigenvalue weighted by molar-refractivity contribution is 0.306. The zero-order valence-corrected chi connectivity index (χ0v) is 14.5.